The number of nitrogens with two attached hydrogens (primary N) is 1. The molecule has 0 heterocycles. The van der Waals surface area contributed by atoms with Gasteiger partial charge in [-0.15, -0.1) is 0 Å². The van der Waals surface area contributed by atoms with Crippen molar-refractivity contribution in [3.63, 3.8) is 0 Å². The van der Waals surface area contributed by atoms with Crippen LogP contribution in [0.2, 0.25) is 5.02 Å². The largest absolute Gasteiger partial charge is 0.388 e. The van der Waals surface area contributed by atoms with Gasteiger partial charge in [0.15, 0.2) is 0 Å². The first-order valence-corrected chi connectivity index (χ1v) is 8.16. The van der Waals surface area contributed by atoms with E-state index in [1.54, 1.807) is 14.2 Å². The zero-order chi connectivity index (χ0) is 21.2. The van der Waals surface area contributed by atoms with Crippen LogP contribution in [0.5, 0.6) is 0 Å². The number of rotatable bonds is 4. The summed E-state index contributed by atoms with van der Waals surface area (Å²) in [5.41, 5.74) is 5.05. The molecule has 0 radical (unpaired) electrons. The number of halogens is 2. The van der Waals surface area contributed by atoms with Crippen molar-refractivity contribution in [1.29, 1.82) is 0 Å². The first-order valence-electron chi connectivity index (χ1n) is 7.78. The molecule has 9 heteroatoms. The van der Waals surface area contributed by atoms with E-state index in [1.807, 2.05) is 6.79 Å². The van der Waals surface area contributed by atoms with Crippen molar-refractivity contribution in [2.45, 2.75) is 25.4 Å². The minimum atomic E-state index is -1.43. The van der Waals surface area contributed by atoms with E-state index in [9.17, 15) is 14.0 Å². The molecule has 7 nitrogen and oxygen atoms in total. The Bertz CT molecular complexity index is 573. The number of anilines is 1. The first kappa shape index (κ1) is 26.9. The van der Waals surface area contributed by atoms with Crippen LogP contribution in [0, 0.1) is 5.82 Å². The van der Waals surface area contributed by atoms with E-state index in [2.05, 4.69) is 26.9 Å². The molecular formula is C18H26ClFN2O5. The standard InChI is InChI=1S/C10H10ClFN2O3.C5H8.C2H6O.CH2O/c1-17-8(9(13)15)10(16)14-7-3-5(11)2-6(12)4-7;1-2-4-5-3-1;1-3-2;1-2/h2-4,8H,1H3,(H2,13,15)(H,14,16);1-2H,3-5H2;1-2H3;1H2. The Morgan fingerprint density at radius 3 is 2.04 bits per heavy atom. The van der Waals surface area contributed by atoms with Gasteiger partial charge >= 0.3 is 0 Å². The third-order valence-corrected chi connectivity index (χ3v) is 2.99. The zero-order valence-electron chi connectivity index (χ0n) is 15.7. The van der Waals surface area contributed by atoms with Gasteiger partial charge in [0.2, 0.25) is 6.10 Å². The number of hydrogen-bond acceptors (Lipinski definition) is 5. The average Bonchev–Trinajstić information content (AvgIpc) is 3.16. The second kappa shape index (κ2) is 17.1. The second-order valence-corrected chi connectivity index (χ2v) is 5.41. The van der Waals surface area contributed by atoms with Gasteiger partial charge in [0.05, 0.1) is 0 Å². The summed E-state index contributed by atoms with van der Waals surface area (Å²) in [6.45, 7) is 2.00. The van der Waals surface area contributed by atoms with Crippen LogP contribution < -0.4 is 11.1 Å². The molecule has 0 fully saturated rings. The van der Waals surface area contributed by atoms with Gasteiger partial charge in [0, 0.05) is 32.0 Å². The number of methoxy groups -OCH3 is 2. The van der Waals surface area contributed by atoms with Crippen LogP contribution in [0.4, 0.5) is 10.1 Å². The highest BCUT2D eigenvalue weighted by molar-refractivity contribution is 6.31. The van der Waals surface area contributed by atoms with Crippen molar-refractivity contribution < 1.29 is 28.2 Å². The highest BCUT2D eigenvalue weighted by atomic mass is 35.5. The van der Waals surface area contributed by atoms with E-state index in [-0.39, 0.29) is 10.7 Å². The number of nitrogens with one attached hydrogen (secondary N) is 1. The molecule has 1 aromatic carbocycles. The van der Waals surface area contributed by atoms with E-state index < -0.39 is 23.7 Å². The summed E-state index contributed by atoms with van der Waals surface area (Å²) in [7, 11) is 4.41. The Balaban J connectivity index is 0. The molecule has 1 atom stereocenters. The predicted molar refractivity (Wildman–Crippen MR) is 103 cm³/mol. The Hall–Kier alpha value is -2.29. The van der Waals surface area contributed by atoms with Gasteiger partial charge in [-0.25, -0.2) is 4.39 Å². The summed E-state index contributed by atoms with van der Waals surface area (Å²) in [5.74, 6) is -2.34. The molecule has 27 heavy (non-hydrogen) atoms. The lowest BCUT2D eigenvalue weighted by molar-refractivity contribution is -0.138. The monoisotopic (exact) mass is 404 g/mol. The summed E-state index contributed by atoms with van der Waals surface area (Å²) >= 11 is 5.60. The number of allylic oxidation sites excluding steroid dienone is 2. The smallest absolute Gasteiger partial charge is 0.263 e. The number of ether oxygens (including phenoxy) is 2. The Morgan fingerprint density at radius 2 is 1.70 bits per heavy atom. The van der Waals surface area contributed by atoms with E-state index in [4.69, 9.17) is 22.1 Å². The number of hydrogen-bond donors (Lipinski definition) is 2. The molecule has 1 aromatic rings. The SMILES string of the molecule is C1=CCCC1.C=O.COC.COC(C(N)=O)C(=O)Nc1cc(F)cc(Cl)c1. The van der Waals surface area contributed by atoms with E-state index in [1.165, 1.54) is 25.3 Å². The fraction of sp³-hybridized carbons (Fsp3) is 0.389. The third-order valence-electron chi connectivity index (χ3n) is 2.77. The molecule has 0 aliphatic heterocycles. The fourth-order valence-corrected chi connectivity index (χ4v) is 2.00. The third kappa shape index (κ3) is 13.6. The van der Waals surface area contributed by atoms with Gasteiger partial charge < -0.3 is 25.3 Å². The van der Waals surface area contributed by atoms with Crippen LogP contribution in [0.15, 0.2) is 30.4 Å². The molecule has 1 aliphatic carbocycles. The summed E-state index contributed by atoms with van der Waals surface area (Å²) < 4.78 is 21.8. The molecule has 0 spiro atoms. The lowest BCUT2D eigenvalue weighted by Crippen LogP contribution is -2.40. The molecule has 3 N–H and O–H groups in total. The second-order valence-electron chi connectivity index (χ2n) is 4.98. The lowest BCUT2D eigenvalue weighted by atomic mass is 10.2. The number of carbonyl (C=O) groups excluding carboxylic acids is 3. The van der Waals surface area contributed by atoms with Gasteiger partial charge in [0.25, 0.3) is 11.8 Å². The molecule has 152 valence electrons. The van der Waals surface area contributed by atoms with Crippen molar-refractivity contribution in [1.82, 2.24) is 0 Å². The zero-order valence-corrected chi connectivity index (χ0v) is 16.4. The van der Waals surface area contributed by atoms with Crippen LogP contribution in [-0.4, -0.2) is 46.0 Å². The van der Waals surface area contributed by atoms with Crippen molar-refractivity contribution in [2.24, 2.45) is 5.73 Å². The summed E-state index contributed by atoms with van der Waals surface area (Å²) in [6, 6.07) is 3.47. The molecule has 0 bridgehead atoms. The number of primary amides is 1. The molecule has 2 amide bonds. The normalized spacial score (nSPS) is 12.2. The topological polar surface area (TPSA) is 108 Å². The van der Waals surface area contributed by atoms with Crippen molar-refractivity contribution >= 4 is 35.9 Å². The van der Waals surface area contributed by atoms with Crippen LogP contribution >= 0.6 is 11.6 Å². The maximum absolute atomic E-state index is 13.0. The summed E-state index contributed by atoms with van der Waals surface area (Å²) in [6.07, 6.45) is 7.07. The van der Waals surface area contributed by atoms with Crippen LogP contribution in [0.3, 0.4) is 0 Å². The summed E-state index contributed by atoms with van der Waals surface area (Å²) in [5, 5.41) is 2.39. The van der Waals surface area contributed by atoms with Gasteiger partial charge in [-0.05, 0) is 37.5 Å². The minimum absolute atomic E-state index is 0.114. The molecule has 1 aliphatic rings. The first-order chi connectivity index (χ1) is 12.8. The molecule has 0 saturated heterocycles. The van der Waals surface area contributed by atoms with Gasteiger partial charge in [-0.3, -0.25) is 9.59 Å². The maximum Gasteiger partial charge on any atom is 0.263 e. The van der Waals surface area contributed by atoms with Crippen molar-refractivity contribution in [2.75, 3.05) is 26.6 Å². The van der Waals surface area contributed by atoms with Gasteiger partial charge in [-0.1, -0.05) is 23.8 Å². The number of amides is 2. The summed E-state index contributed by atoms with van der Waals surface area (Å²) in [4.78, 5) is 30.3. The van der Waals surface area contributed by atoms with E-state index in [0.717, 1.165) is 19.2 Å². The lowest BCUT2D eigenvalue weighted by Gasteiger charge is -2.12. The van der Waals surface area contributed by atoms with Gasteiger partial charge in [-0.2, -0.15) is 0 Å². The fourth-order valence-electron chi connectivity index (χ4n) is 1.78. The molecule has 0 aromatic heterocycles. The van der Waals surface area contributed by atoms with E-state index in [0.29, 0.717) is 0 Å². The van der Waals surface area contributed by atoms with Crippen LogP contribution in [-0.2, 0) is 23.9 Å². The quantitative estimate of drug-likeness (QED) is 0.592. The predicted octanol–water partition coefficient (Wildman–Crippen LogP) is 2.72. The highest BCUT2D eigenvalue weighted by Crippen LogP contribution is 2.18. The van der Waals surface area contributed by atoms with Crippen LogP contribution in [0.25, 0.3) is 0 Å². The highest BCUT2D eigenvalue weighted by Gasteiger charge is 2.23. The Labute approximate surface area is 163 Å². The van der Waals surface area contributed by atoms with E-state index >= 15 is 0 Å². The Morgan fingerprint density at radius 1 is 1.19 bits per heavy atom. The molecular weight excluding hydrogens is 379 g/mol. The molecule has 1 unspecified atom stereocenters. The maximum atomic E-state index is 13.0. The minimum Gasteiger partial charge on any atom is -0.388 e. The number of carbonyl (C=O) groups is 3. The average molecular weight is 405 g/mol. The molecule has 0 saturated carbocycles. The van der Waals surface area contributed by atoms with Gasteiger partial charge in [0.1, 0.15) is 12.6 Å². The van der Waals surface area contributed by atoms with Crippen molar-refractivity contribution in [3.8, 4) is 0 Å². The Kier molecular flexibility index (Phi) is 17.1. The van der Waals surface area contributed by atoms with Crippen molar-refractivity contribution in [3.05, 3.63) is 41.2 Å². The molecule has 2 rings (SSSR count). The van der Waals surface area contributed by atoms with Crippen LogP contribution in [0.1, 0.15) is 19.3 Å². The number of benzene rings is 1.